The molecule has 598 valence electrons. The minimum absolute atomic E-state index is 0.233. The number of carbonyl (C=O) groups is 1. The number of allylic oxidation sites excluding steroid dienone is 27. The summed E-state index contributed by atoms with van der Waals surface area (Å²) < 4.78 is 22.9. The van der Waals surface area contributed by atoms with E-state index in [-0.39, 0.29) is 18.9 Å². The fraction of sp³-hybridized carbons (Fsp3) is 0.681. The van der Waals surface area contributed by atoms with Crippen LogP contribution in [0, 0.1) is 0 Å². The SMILES string of the molecule is CC/C=C\C/C=C\C/C=C\C/C=C\C/C=C\C/C=C\C/C=C\C/C=C\C/C=C\C/C=C\C/C=C\C/C=C\CCCCCCC(=O)NC(COC1OC(CO)C(OC2OC(CO)C(O)C(O)C2O)C(O)C1O)C(O)/C=C/CC/C=C/CCCCCCCCCCCCCCCCCCCCCCCCCC. The number of rotatable bonds is 68. The lowest BCUT2D eigenvalue weighted by atomic mass is 9.97. The van der Waals surface area contributed by atoms with Crippen LogP contribution in [0.2, 0.25) is 0 Å². The second-order valence-corrected chi connectivity index (χ2v) is 28.5. The van der Waals surface area contributed by atoms with E-state index in [0.29, 0.717) is 12.8 Å². The van der Waals surface area contributed by atoms with Crippen LogP contribution >= 0.6 is 0 Å². The van der Waals surface area contributed by atoms with Crippen molar-refractivity contribution >= 4 is 5.91 Å². The Morgan fingerprint density at radius 2 is 0.667 bits per heavy atom. The van der Waals surface area contributed by atoms with Gasteiger partial charge in [-0.05, 0) is 122 Å². The van der Waals surface area contributed by atoms with E-state index in [1.807, 2.05) is 6.08 Å². The maximum absolute atomic E-state index is 13.4. The highest BCUT2D eigenvalue weighted by molar-refractivity contribution is 5.76. The van der Waals surface area contributed by atoms with E-state index >= 15 is 0 Å². The van der Waals surface area contributed by atoms with E-state index in [2.05, 4.69) is 177 Å². The number of aliphatic hydroxyl groups excluding tert-OH is 8. The highest BCUT2D eigenvalue weighted by Crippen LogP contribution is 2.30. The molecule has 2 aliphatic heterocycles. The Labute approximate surface area is 638 Å². The molecule has 0 spiro atoms. The molecule has 0 radical (unpaired) electrons. The predicted molar refractivity (Wildman–Crippen MR) is 437 cm³/mol. The van der Waals surface area contributed by atoms with Gasteiger partial charge < -0.3 is 65.1 Å². The topological polar surface area (TPSA) is 228 Å². The smallest absolute Gasteiger partial charge is 0.220 e. The van der Waals surface area contributed by atoms with Crippen LogP contribution in [0.5, 0.6) is 0 Å². The molecule has 2 heterocycles. The maximum Gasteiger partial charge on any atom is 0.220 e. The monoisotopic (exact) mass is 1470 g/mol. The average Bonchev–Trinajstić information content (AvgIpc) is 0.769. The Balaban J connectivity index is 1.65. The van der Waals surface area contributed by atoms with Gasteiger partial charge in [-0.25, -0.2) is 0 Å². The lowest BCUT2D eigenvalue weighted by molar-refractivity contribution is -0.359. The number of hydrogen-bond donors (Lipinski definition) is 9. The minimum atomic E-state index is -1.80. The van der Waals surface area contributed by atoms with Gasteiger partial charge in [-0.2, -0.15) is 0 Å². The normalized spacial score (nSPS) is 22.3. The molecule has 0 aromatic heterocycles. The van der Waals surface area contributed by atoms with Crippen molar-refractivity contribution in [1.82, 2.24) is 5.32 Å². The van der Waals surface area contributed by atoms with Gasteiger partial charge in [0, 0.05) is 6.42 Å². The third-order valence-electron chi connectivity index (χ3n) is 19.1. The Morgan fingerprint density at radius 1 is 0.352 bits per heavy atom. The van der Waals surface area contributed by atoms with Gasteiger partial charge in [0.1, 0.15) is 48.8 Å². The van der Waals surface area contributed by atoms with Gasteiger partial charge in [-0.3, -0.25) is 4.79 Å². The van der Waals surface area contributed by atoms with Gasteiger partial charge in [0.05, 0.1) is 32.0 Å². The van der Waals surface area contributed by atoms with E-state index in [1.165, 1.54) is 154 Å². The third kappa shape index (κ3) is 54.6. The van der Waals surface area contributed by atoms with Gasteiger partial charge in [-0.1, -0.05) is 344 Å². The first-order valence-corrected chi connectivity index (χ1v) is 41.9. The molecule has 0 aliphatic carbocycles. The van der Waals surface area contributed by atoms with E-state index < -0.39 is 86.8 Å². The molecule has 2 saturated heterocycles. The molecule has 2 rings (SSSR count). The number of hydrogen-bond acceptors (Lipinski definition) is 13. The summed E-state index contributed by atoms with van der Waals surface area (Å²) in [5, 5.41) is 87.7. The summed E-state index contributed by atoms with van der Waals surface area (Å²) in [4.78, 5) is 13.4. The standard InChI is InChI=1S/C91H151NO13/c1-3-5-7-9-11-13-15-17-19-21-23-25-27-29-31-33-35-36-37-38-39-40-41-42-43-44-45-47-49-51-53-55-57-59-61-63-65-67-69-71-73-75-83(96)92-79(78-102-90-88(101)86(99)89(82(77-94)104-90)105-91-87(100)85(98)84(97)81(76-93)103-91)80(95)74-72-70-68-66-64-62-60-58-56-54-52-50-48-46-34-32-30-28-26-24-22-20-18-16-14-12-10-8-6-4-2/h5,7,11,13,17,19,23,25,29,31,35-36,38-39,41-42,44-45,49,51,55,57,61,63-64,66,72,74,79-82,84-91,93-95,97-101H,3-4,6,8-10,12,14-16,18,20-22,24,26-28,30,32-34,37,40,43,46-48,50,52-54,56,58-60,62,65,67-71,73,75-78H2,1-2H3,(H,92,96)/b7-5-,13-11-,19-17-,25-23-,31-29-,36-35-,39-38-,42-41-,45-44-,51-49-,57-55-,63-61-,66-64+,74-72+. The van der Waals surface area contributed by atoms with Gasteiger partial charge in [-0.15, -0.1) is 0 Å². The molecule has 9 N–H and O–H groups in total. The van der Waals surface area contributed by atoms with Crippen LogP contribution in [-0.2, 0) is 23.7 Å². The number of nitrogens with one attached hydrogen (secondary N) is 1. The third-order valence-corrected chi connectivity index (χ3v) is 19.1. The highest BCUT2D eigenvalue weighted by Gasteiger charge is 2.51. The number of unbranched alkanes of at least 4 members (excludes halogenated alkanes) is 29. The fourth-order valence-corrected chi connectivity index (χ4v) is 12.6. The summed E-state index contributed by atoms with van der Waals surface area (Å²) in [7, 11) is 0. The lowest BCUT2D eigenvalue weighted by Crippen LogP contribution is -2.65. The van der Waals surface area contributed by atoms with E-state index in [4.69, 9.17) is 18.9 Å². The average molecular weight is 1470 g/mol. The molecular weight excluding hydrogens is 1310 g/mol. The molecule has 0 aromatic carbocycles. The van der Waals surface area contributed by atoms with Crippen molar-refractivity contribution in [3.63, 3.8) is 0 Å². The lowest BCUT2D eigenvalue weighted by Gasteiger charge is -2.46. The van der Waals surface area contributed by atoms with Gasteiger partial charge in [0.2, 0.25) is 5.91 Å². The Kier molecular flexibility index (Phi) is 66.3. The highest BCUT2D eigenvalue weighted by atomic mass is 16.7. The molecule has 12 unspecified atom stereocenters. The number of amides is 1. The van der Waals surface area contributed by atoms with Crippen molar-refractivity contribution in [2.24, 2.45) is 0 Å². The van der Waals surface area contributed by atoms with Crippen molar-refractivity contribution in [1.29, 1.82) is 0 Å². The van der Waals surface area contributed by atoms with E-state index in [1.54, 1.807) is 6.08 Å². The number of ether oxygens (including phenoxy) is 4. The van der Waals surface area contributed by atoms with Crippen molar-refractivity contribution in [2.45, 2.75) is 376 Å². The first kappa shape index (κ1) is 96.4. The Hall–Kier alpha value is -4.65. The van der Waals surface area contributed by atoms with Crippen molar-refractivity contribution in [3.05, 3.63) is 170 Å². The van der Waals surface area contributed by atoms with Crippen LogP contribution < -0.4 is 5.32 Å². The quantitative estimate of drug-likeness (QED) is 0.0204. The summed E-state index contributed by atoms with van der Waals surface area (Å²) >= 11 is 0. The van der Waals surface area contributed by atoms with Crippen LogP contribution in [0.25, 0.3) is 0 Å². The van der Waals surface area contributed by atoms with Crippen molar-refractivity contribution in [3.8, 4) is 0 Å². The molecule has 0 saturated carbocycles. The molecule has 0 bridgehead atoms. The molecular formula is C91H151NO13. The molecule has 14 nitrogen and oxygen atoms in total. The zero-order valence-electron chi connectivity index (χ0n) is 65.7. The largest absolute Gasteiger partial charge is 0.394 e. The summed E-state index contributed by atoms with van der Waals surface area (Å²) in [6, 6.07) is -0.961. The molecule has 105 heavy (non-hydrogen) atoms. The van der Waals surface area contributed by atoms with Crippen molar-refractivity contribution in [2.75, 3.05) is 19.8 Å². The number of aliphatic hydroxyl groups is 8. The fourth-order valence-electron chi connectivity index (χ4n) is 12.6. The summed E-state index contributed by atoms with van der Waals surface area (Å²) in [5.74, 6) is -0.277. The Morgan fingerprint density at radius 3 is 1.05 bits per heavy atom. The first-order valence-electron chi connectivity index (χ1n) is 41.9. The predicted octanol–water partition coefficient (Wildman–Crippen LogP) is 19.9. The maximum atomic E-state index is 13.4. The zero-order chi connectivity index (χ0) is 75.8. The van der Waals surface area contributed by atoms with E-state index in [9.17, 15) is 45.6 Å². The summed E-state index contributed by atoms with van der Waals surface area (Å²) in [5.41, 5.74) is 0. The van der Waals surface area contributed by atoms with Crippen LogP contribution in [0.1, 0.15) is 303 Å². The van der Waals surface area contributed by atoms with Gasteiger partial charge in [0.25, 0.3) is 0 Å². The second kappa shape index (κ2) is 72.2. The summed E-state index contributed by atoms with van der Waals surface area (Å²) in [6.45, 7) is 2.67. The van der Waals surface area contributed by atoms with Crippen LogP contribution in [-0.4, -0.2) is 140 Å². The van der Waals surface area contributed by atoms with E-state index in [0.717, 1.165) is 116 Å². The second-order valence-electron chi connectivity index (χ2n) is 28.5. The molecule has 14 heteroatoms. The van der Waals surface area contributed by atoms with Crippen LogP contribution in [0.15, 0.2) is 170 Å². The first-order chi connectivity index (χ1) is 51.6. The van der Waals surface area contributed by atoms with Crippen LogP contribution in [0.3, 0.4) is 0 Å². The molecule has 0 aromatic rings. The zero-order valence-corrected chi connectivity index (χ0v) is 65.7. The summed E-state index contributed by atoms with van der Waals surface area (Å²) in [6.07, 6.45) is 95.8. The molecule has 2 fully saturated rings. The molecule has 12 atom stereocenters. The molecule has 2 aliphatic rings. The van der Waals surface area contributed by atoms with Crippen molar-refractivity contribution < 1.29 is 64.6 Å². The van der Waals surface area contributed by atoms with Crippen LogP contribution in [0.4, 0.5) is 0 Å². The Bertz CT molecular complexity index is 2430. The van der Waals surface area contributed by atoms with Gasteiger partial charge in [0.15, 0.2) is 12.6 Å². The van der Waals surface area contributed by atoms with Gasteiger partial charge >= 0.3 is 0 Å². The number of carbonyl (C=O) groups excluding carboxylic acids is 1. The molecule has 1 amide bonds. The minimum Gasteiger partial charge on any atom is -0.394 e.